The molecule has 0 radical (unpaired) electrons. The highest BCUT2D eigenvalue weighted by atomic mass is 32.2. The third-order valence-electron chi connectivity index (χ3n) is 4.21. The van der Waals surface area contributed by atoms with Gasteiger partial charge in [0.05, 0.1) is 50.4 Å². The van der Waals surface area contributed by atoms with E-state index in [0.29, 0.717) is 50.4 Å². The molecule has 0 unspecified atom stereocenters. The van der Waals surface area contributed by atoms with Crippen molar-refractivity contribution in [1.82, 2.24) is 0 Å². The molecule has 0 aliphatic heterocycles. The summed E-state index contributed by atoms with van der Waals surface area (Å²) in [5.74, 6) is 1.24. The number of esters is 4. The molecule has 190 valence electrons. The van der Waals surface area contributed by atoms with Crippen LogP contribution in [0.3, 0.4) is 0 Å². The van der Waals surface area contributed by atoms with Gasteiger partial charge in [-0.05, 0) is 50.3 Å². The van der Waals surface area contributed by atoms with Crippen molar-refractivity contribution < 1.29 is 38.1 Å². The summed E-state index contributed by atoms with van der Waals surface area (Å²) in [6, 6.07) is 6.41. The highest BCUT2D eigenvalue weighted by molar-refractivity contribution is 7.99. The van der Waals surface area contributed by atoms with Gasteiger partial charge in [-0.15, -0.1) is 0 Å². The largest absolute Gasteiger partial charge is 0.466 e. The Morgan fingerprint density at radius 3 is 1.44 bits per heavy atom. The summed E-state index contributed by atoms with van der Waals surface area (Å²) >= 11 is 3.18. The zero-order valence-corrected chi connectivity index (χ0v) is 21.5. The molecule has 0 heterocycles. The monoisotopic (exact) mass is 514 g/mol. The Balaban J connectivity index is 2.27. The molecule has 10 heteroatoms. The maximum atomic E-state index is 12.4. The quantitative estimate of drug-likeness (QED) is 0.161. The van der Waals surface area contributed by atoms with E-state index < -0.39 is 11.9 Å². The number of benzene rings is 1. The first-order valence-corrected chi connectivity index (χ1v) is 13.7. The number of ether oxygens (including phenoxy) is 4. The van der Waals surface area contributed by atoms with E-state index in [1.54, 1.807) is 49.5 Å². The van der Waals surface area contributed by atoms with Gasteiger partial charge in [-0.2, -0.15) is 23.5 Å². The number of carbonyl (C=O) groups excluding carboxylic acids is 4. The fraction of sp³-hybridized carbons (Fsp3) is 0.583. The molecule has 0 bridgehead atoms. The van der Waals surface area contributed by atoms with Gasteiger partial charge in [0.2, 0.25) is 0 Å². The summed E-state index contributed by atoms with van der Waals surface area (Å²) in [4.78, 5) is 47.4. The van der Waals surface area contributed by atoms with Crippen LogP contribution in [0.4, 0.5) is 0 Å². The number of hydrogen-bond acceptors (Lipinski definition) is 10. The zero-order valence-electron chi connectivity index (χ0n) is 19.9. The van der Waals surface area contributed by atoms with E-state index in [1.165, 1.54) is 12.1 Å². The second-order valence-corrected chi connectivity index (χ2v) is 9.31. The Hall–Kier alpha value is -2.20. The van der Waals surface area contributed by atoms with Crippen molar-refractivity contribution in [2.75, 3.05) is 49.4 Å². The molecule has 34 heavy (non-hydrogen) atoms. The van der Waals surface area contributed by atoms with Crippen LogP contribution in [-0.2, 0) is 28.5 Å². The van der Waals surface area contributed by atoms with Crippen molar-refractivity contribution in [3.05, 3.63) is 35.4 Å². The van der Waals surface area contributed by atoms with E-state index in [9.17, 15) is 19.2 Å². The number of carbonyl (C=O) groups is 4. The molecule has 1 aromatic rings. The lowest BCUT2D eigenvalue weighted by Crippen LogP contribution is -2.15. The fourth-order valence-electron chi connectivity index (χ4n) is 2.63. The lowest BCUT2D eigenvalue weighted by molar-refractivity contribution is -0.143. The topological polar surface area (TPSA) is 105 Å². The van der Waals surface area contributed by atoms with Crippen molar-refractivity contribution in [1.29, 1.82) is 0 Å². The first kappa shape index (κ1) is 29.8. The fourth-order valence-corrected chi connectivity index (χ4v) is 4.30. The number of rotatable bonds is 18. The molecule has 0 aromatic heterocycles. The van der Waals surface area contributed by atoms with Crippen LogP contribution in [0.5, 0.6) is 0 Å². The predicted octanol–water partition coefficient (Wildman–Crippen LogP) is 4.15. The predicted molar refractivity (Wildman–Crippen MR) is 133 cm³/mol. The second-order valence-electron chi connectivity index (χ2n) is 6.86. The minimum absolute atomic E-state index is 0.172. The Morgan fingerprint density at radius 2 is 1.06 bits per heavy atom. The summed E-state index contributed by atoms with van der Waals surface area (Å²) in [7, 11) is 0. The van der Waals surface area contributed by atoms with Crippen molar-refractivity contribution in [3.8, 4) is 0 Å². The molecule has 0 saturated carbocycles. The lowest BCUT2D eigenvalue weighted by Gasteiger charge is -2.10. The standard InChI is InChI=1S/C24H34O8S2/c1-3-29-21(25)11-17-33-15-7-13-31-23(27)19-9-5-6-10-20(19)24(28)32-14-8-16-34-18-12-22(26)30-4-2/h5-6,9-10H,3-4,7-8,11-18H2,1-2H3. The molecule has 0 N–H and O–H groups in total. The van der Waals surface area contributed by atoms with Gasteiger partial charge in [0.15, 0.2) is 0 Å². The van der Waals surface area contributed by atoms with Gasteiger partial charge >= 0.3 is 23.9 Å². The smallest absolute Gasteiger partial charge is 0.339 e. The van der Waals surface area contributed by atoms with Crippen molar-refractivity contribution in [2.45, 2.75) is 39.5 Å². The summed E-state index contributed by atoms with van der Waals surface area (Å²) in [5, 5.41) is 0. The first-order chi connectivity index (χ1) is 16.5. The van der Waals surface area contributed by atoms with E-state index in [0.717, 1.165) is 11.5 Å². The van der Waals surface area contributed by atoms with Gasteiger partial charge in [0.25, 0.3) is 0 Å². The van der Waals surface area contributed by atoms with E-state index in [-0.39, 0.29) is 36.3 Å². The summed E-state index contributed by atoms with van der Waals surface area (Å²) in [6.07, 6.45) is 2.00. The third kappa shape index (κ3) is 13.5. The molecule has 0 aliphatic rings. The van der Waals surface area contributed by atoms with Crippen LogP contribution in [0.15, 0.2) is 24.3 Å². The van der Waals surface area contributed by atoms with Gasteiger partial charge in [0, 0.05) is 11.5 Å². The molecule has 1 rings (SSSR count). The Bertz CT molecular complexity index is 706. The average molecular weight is 515 g/mol. The Morgan fingerprint density at radius 1 is 0.647 bits per heavy atom. The lowest BCUT2D eigenvalue weighted by atomic mass is 10.1. The molecule has 0 saturated heterocycles. The summed E-state index contributed by atoms with van der Waals surface area (Å²) < 4.78 is 20.3. The highest BCUT2D eigenvalue weighted by Crippen LogP contribution is 2.14. The van der Waals surface area contributed by atoms with Gasteiger partial charge in [-0.25, -0.2) is 9.59 Å². The normalized spacial score (nSPS) is 10.4. The van der Waals surface area contributed by atoms with Crippen LogP contribution in [0.25, 0.3) is 0 Å². The minimum atomic E-state index is -0.571. The molecule has 0 spiro atoms. The van der Waals surface area contributed by atoms with Gasteiger partial charge < -0.3 is 18.9 Å². The molecule has 8 nitrogen and oxygen atoms in total. The molecule has 0 amide bonds. The molecular formula is C24H34O8S2. The molecule has 0 fully saturated rings. The van der Waals surface area contributed by atoms with Crippen molar-refractivity contribution >= 4 is 47.4 Å². The molecular weight excluding hydrogens is 480 g/mol. The van der Waals surface area contributed by atoms with Gasteiger partial charge in [-0.1, -0.05) is 12.1 Å². The molecule has 0 atom stereocenters. The van der Waals surface area contributed by atoms with E-state index in [2.05, 4.69) is 0 Å². The van der Waals surface area contributed by atoms with Crippen LogP contribution < -0.4 is 0 Å². The van der Waals surface area contributed by atoms with Crippen LogP contribution in [0.2, 0.25) is 0 Å². The van der Waals surface area contributed by atoms with Gasteiger partial charge in [-0.3, -0.25) is 9.59 Å². The SMILES string of the molecule is CCOC(=O)CCSCCCOC(=O)c1ccccc1C(=O)OCCCSCCC(=O)OCC. The van der Waals surface area contributed by atoms with E-state index >= 15 is 0 Å². The van der Waals surface area contributed by atoms with Crippen LogP contribution in [-0.4, -0.2) is 73.3 Å². The zero-order chi connectivity index (χ0) is 25.0. The average Bonchev–Trinajstić information content (AvgIpc) is 2.83. The maximum Gasteiger partial charge on any atom is 0.339 e. The summed E-state index contributed by atoms with van der Waals surface area (Å²) in [5.41, 5.74) is 0.345. The van der Waals surface area contributed by atoms with Crippen molar-refractivity contribution in [2.24, 2.45) is 0 Å². The number of thioether (sulfide) groups is 2. The number of hydrogen-bond donors (Lipinski definition) is 0. The second kappa shape index (κ2) is 19.1. The highest BCUT2D eigenvalue weighted by Gasteiger charge is 2.18. The van der Waals surface area contributed by atoms with Crippen LogP contribution >= 0.6 is 23.5 Å². The Kier molecular flexibility index (Phi) is 16.8. The van der Waals surface area contributed by atoms with Gasteiger partial charge in [0.1, 0.15) is 0 Å². The van der Waals surface area contributed by atoms with E-state index in [4.69, 9.17) is 18.9 Å². The summed E-state index contributed by atoms with van der Waals surface area (Å²) in [6.45, 7) is 4.75. The van der Waals surface area contributed by atoms with Crippen LogP contribution in [0.1, 0.15) is 60.2 Å². The van der Waals surface area contributed by atoms with E-state index in [1.807, 2.05) is 0 Å². The molecule has 1 aromatic carbocycles. The maximum absolute atomic E-state index is 12.4. The molecule has 0 aliphatic carbocycles. The van der Waals surface area contributed by atoms with Crippen LogP contribution in [0, 0.1) is 0 Å². The Labute approximate surface area is 209 Å². The van der Waals surface area contributed by atoms with Crippen molar-refractivity contribution in [3.63, 3.8) is 0 Å². The minimum Gasteiger partial charge on any atom is -0.466 e. The third-order valence-corrected chi connectivity index (χ3v) is 6.35. The first-order valence-electron chi connectivity index (χ1n) is 11.4.